The van der Waals surface area contributed by atoms with Gasteiger partial charge in [0.1, 0.15) is 18.2 Å². The van der Waals surface area contributed by atoms with Crippen molar-refractivity contribution < 1.29 is 9.13 Å². The van der Waals surface area contributed by atoms with E-state index in [1.54, 1.807) is 16.9 Å². The van der Waals surface area contributed by atoms with E-state index in [0.717, 1.165) is 5.56 Å². The summed E-state index contributed by atoms with van der Waals surface area (Å²) in [6.07, 6.45) is 6.05. The van der Waals surface area contributed by atoms with E-state index in [9.17, 15) is 4.39 Å². The lowest BCUT2D eigenvalue weighted by Crippen LogP contribution is -2.15. The normalized spacial score (nSPS) is 14.4. The third kappa shape index (κ3) is 3.81. The Kier molecular flexibility index (Phi) is 3.97. The molecule has 1 N–H and O–H groups in total. The summed E-state index contributed by atoms with van der Waals surface area (Å²) in [5, 5.41) is 7.46. The number of aromatic nitrogens is 2. The van der Waals surface area contributed by atoms with E-state index < -0.39 is 0 Å². The fourth-order valence-corrected chi connectivity index (χ4v) is 2.05. The Balaban J connectivity index is 1.54. The average molecular weight is 275 g/mol. The quantitative estimate of drug-likeness (QED) is 0.843. The van der Waals surface area contributed by atoms with Crippen molar-refractivity contribution in [2.75, 3.05) is 6.61 Å². The van der Waals surface area contributed by atoms with Crippen molar-refractivity contribution in [3.05, 3.63) is 48.0 Å². The van der Waals surface area contributed by atoms with Crippen LogP contribution in [0.15, 0.2) is 36.7 Å². The number of nitrogens with one attached hydrogen (secondary N) is 1. The van der Waals surface area contributed by atoms with Gasteiger partial charge in [-0.05, 0) is 36.6 Å². The molecule has 0 aliphatic heterocycles. The summed E-state index contributed by atoms with van der Waals surface area (Å²) in [7, 11) is 0. The molecule has 0 amide bonds. The molecule has 1 aliphatic rings. The van der Waals surface area contributed by atoms with Gasteiger partial charge in [0.15, 0.2) is 0 Å². The van der Waals surface area contributed by atoms with E-state index in [1.165, 1.54) is 18.9 Å². The van der Waals surface area contributed by atoms with Crippen LogP contribution in [0.4, 0.5) is 4.39 Å². The SMILES string of the molecule is Fc1cc(CNC2CC2)cc(OCCn2cccn2)c1. The van der Waals surface area contributed by atoms with E-state index in [0.29, 0.717) is 31.5 Å². The van der Waals surface area contributed by atoms with E-state index in [4.69, 9.17) is 4.74 Å². The molecule has 2 aromatic rings. The summed E-state index contributed by atoms with van der Waals surface area (Å²) in [5.74, 6) is 0.318. The average Bonchev–Trinajstić information content (AvgIpc) is 3.12. The first-order valence-electron chi connectivity index (χ1n) is 6.93. The van der Waals surface area contributed by atoms with Crippen molar-refractivity contribution in [1.82, 2.24) is 15.1 Å². The molecular weight excluding hydrogens is 257 g/mol. The zero-order valence-corrected chi connectivity index (χ0v) is 11.3. The summed E-state index contributed by atoms with van der Waals surface area (Å²) in [5.41, 5.74) is 0.922. The van der Waals surface area contributed by atoms with Crippen LogP contribution in [0.3, 0.4) is 0 Å². The molecule has 3 rings (SSSR count). The highest BCUT2D eigenvalue weighted by atomic mass is 19.1. The number of halogens is 1. The number of hydrogen-bond donors (Lipinski definition) is 1. The van der Waals surface area contributed by atoms with Gasteiger partial charge < -0.3 is 10.1 Å². The van der Waals surface area contributed by atoms with Gasteiger partial charge in [-0.3, -0.25) is 4.68 Å². The number of rotatable bonds is 7. The Morgan fingerprint density at radius 2 is 2.25 bits per heavy atom. The van der Waals surface area contributed by atoms with Crippen LogP contribution in [0, 0.1) is 5.82 Å². The molecule has 1 aliphatic carbocycles. The van der Waals surface area contributed by atoms with Gasteiger partial charge >= 0.3 is 0 Å². The first kappa shape index (κ1) is 13.1. The van der Waals surface area contributed by atoms with Gasteiger partial charge in [-0.25, -0.2) is 4.39 Å². The summed E-state index contributed by atoms with van der Waals surface area (Å²) in [6.45, 7) is 1.82. The van der Waals surface area contributed by atoms with Crippen LogP contribution in [0.25, 0.3) is 0 Å². The van der Waals surface area contributed by atoms with Crippen LogP contribution < -0.4 is 10.1 Å². The molecule has 1 saturated carbocycles. The van der Waals surface area contributed by atoms with Gasteiger partial charge in [0.25, 0.3) is 0 Å². The topological polar surface area (TPSA) is 39.1 Å². The second-order valence-corrected chi connectivity index (χ2v) is 5.07. The van der Waals surface area contributed by atoms with Crippen LogP contribution >= 0.6 is 0 Å². The largest absolute Gasteiger partial charge is 0.492 e. The minimum atomic E-state index is -0.255. The number of hydrogen-bond acceptors (Lipinski definition) is 3. The number of benzene rings is 1. The molecule has 0 radical (unpaired) electrons. The van der Waals surface area contributed by atoms with E-state index in [2.05, 4.69) is 10.4 Å². The predicted octanol–water partition coefficient (Wildman–Crippen LogP) is 2.35. The van der Waals surface area contributed by atoms with Gasteiger partial charge in [-0.1, -0.05) is 0 Å². The maximum absolute atomic E-state index is 13.5. The van der Waals surface area contributed by atoms with Gasteiger partial charge in [0, 0.05) is 31.0 Å². The van der Waals surface area contributed by atoms with Crippen LogP contribution in [-0.2, 0) is 13.1 Å². The molecule has 0 spiro atoms. The van der Waals surface area contributed by atoms with Gasteiger partial charge in [0.2, 0.25) is 0 Å². The monoisotopic (exact) mass is 275 g/mol. The Morgan fingerprint density at radius 1 is 1.35 bits per heavy atom. The standard InChI is InChI=1S/C15H18FN3O/c16-13-8-12(11-17-14-2-3-14)9-15(10-13)20-7-6-19-5-1-4-18-19/h1,4-5,8-10,14,17H,2-3,6-7,11H2. The van der Waals surface area contributed by atoms with E-state index in [-0.39, 0.29) is 5.82 Å². The molecule has 20 heavy (non-hydrogen) atoms. The number of nitrogens with zero attached hydrogens (tertiary/aromatic N) is 2. The van der Waals surface area contributed by atoms with Crippen LogP contribution in [-0.4, -0.2) is 22.4 Å². The van der Waals surface area contributed by atoms with Crippen molar-refractivity contribution in [1.29, 1.82) is 0 Å². The summed E-state index contributed by atoms with van der Waals surface area (Å²) >= 11 is 0. The smallest absolute Gasteiger partial charge is 0.127 e. The van der Waals surface area contributed by atoms with E-state index >= 15 is 0 Å². The molecule has 0 unspecified atom stereocenters. The van der Waals surface area contributed by atoms with Crippen molar-refractivity contribution in [2.24, 2.45) is 0 Å². The zero-order valence-electron chi connectivity index (χ0n) is 11.3. The molecule has 1 aromatic carbocycles. The maximum Gasteiger partial charge on any atom is 0.127 e. The van der Waals surface area contributed by atoms with Gasteiger partial charge in [0.05, 0.1) is 6.54 Å². The molecule has 106 valence electrons. The lowest BCUT2D eigenvalue weighted by Gasteiger charge is -2.09. The first-order chi connectivity index (χ1) is 9.79. The molecule has 5 heteroatoms. The molecule has 0 saturated heterocycles. The molecule has 4 nitrogen and oxygen atoms in total. The Morgan fingerprint density at radius 3 is 3.00 bits per heavy atom. The van der Waals surface area contributed by atoms with Crippen molar-refractivity contribution in [2.45, 2.75) is 32.0 Å². The molecular formula is C15H18FN3O. The Bertz CT molecular complexity index is 552. The Labute approximate surface area is 117 Å². The molecule has 1 aromatic heterocycles. The minimum Gasteiger partial charge on any atom is -0.492 e. The van der Waals surface area contributed by atoms with Crippen molar-refractivity contribution in [3.8, 4) is 5.75 Å². The molecule has 0 bridgehead atoms. The fourth-order valence-electron chi connectivity index (χ4n) is 2.05. The summed E-state index contributed by atoms with van der Waals surface area (Å²) in [6, 6.07) is 7.34. The third-order valence-corrected chi connectivity index (χ3v) is 3.25. The number of ether oxygens (including phenoxy) is 1. The first-order valence-corrected chi connectivity index (χ1v) is 6.93. The maximum atomic E-state index is 13.5. The third-order valence-electron chi connectivity index (χ3n) is 3.25. The minimum absolute atomic E-state index is 0.255. The summed E-state index contributed by atoms with van der Waals surface area (Å²) in [4.78, 5) is 0. The van der Waals surface area contributed by atoms with Crippen LogP contribution in [0.5, 0.6) is 5.75 Å². The second kappa shape index (κ2) is 6.05. The highest BCUT2D eigenvalue weighted by Gasteiger charge is 2.20. The fraction of sp³-hybridized carbons (Fsp3) is 0.400. The highest BCUT2D eigenvalue weighted by molar-refractivity contribution is 5.29. The molecule has 1 fully saturated rings. The Hall–Kier alpha value is -1.88. The van der Waals surface area contributed by atoms with E-state index in [1.807, 2.05) is 18.3 Å². The molecule has 1 heterocycles. The van der Waals surface area contributed by atoms with Crippen molar-refractivity contribution >= 4 is 0 Å². The zero-order chi connectivity index (χ0) is 13.8. The highest BCUT2D eigenvalue weighted by Crippen LogP contribution is 2.21. The van der Waals surface area contributed by atoms with Gasteiger partial charge in [-0.2, -0.15) is 5.10 Å². The van der Waals surface area contributed by atoms with Crippen molar-refractivity contribution in [3.63, 3.8) is 0 Å². The van der Waals surface area contributed by atoms with Crippen LogP contribution in [0.1, 0.15) is 18.4 Å². The molecule has 0 atom stereocenters. The lowest BCUT2D eigenvalue weighted by molar-refractivity contribution is 0.289. The lowest BCUT2D eigenvalue weighted by atomic mass is 10.2. The van der Waals surface area contributed by atoms with Gasteiger partial charge in [-0.15, -0.1) is 0 Å². The summed E-state index contributed by atoms with van der Waals surface area (Å²) < 4.78 is 20.9. The second-order valence-electron chi connectivity index (χ2n) is 5.07. The predicted molar refractivity (Wildman–Crippen MR) is 74.0 cm³/mol. The van der Waals surface area contributed by atoms with Crippen LogP contribution in [0.2, 0.25) is 0 Å².